The van der Waals surface area contributed by atoms with Crippen molar-refractivity contribution in [2.24, 2.45) is 5.92 Å². The van der Waals surface area contributed by atoms with Crippen LogP contribution in [0.2, 0.25) is 0 Å². The summed E-state index contributed by atoms with van der Waals surface area (Å²) in [5.74, 6) is 1.42. The summed E-state index contributed by atoms with van der Waals surface area (Å²) in [5, 5.41) is 5.65. The zero-order valence-electron chi connectivity index (χ0n) is 16.4. The average Bonchev–Trinajstić information content (AvgIpc) is 3.02. The Hall–Kier alpha value is -2.61. The van der Waals surface area contributed by atoms with Crippen LogP contribution >= 0.6 is 11.3 Å². The monoisotopic (exact) mass is 396 g/mol. The lowest BCUT2D eigenvalue weighted by atomic mass is 9.97. The van der Waals surface area contributed by atoms with E-state index in [0.29, 0.717) is 12.5 Å². The van der Waals surface area contributed by atoms with Gasteiger partial charge in [-0.15, -0.1) is 11.3 Å². The predicted octanol–water partition coefficient (Wildman–Crippen LogP) is 3.00. The molecule has 1 aliphatic heterocycles. The SMILES string of the molecule is Cc1cc(N2CCC(Cn3nc(-c4sc(C)nc4C)ccc3=O)CC2)ncn1. The van der Waals surface area contributed by atoms with Gasteiger partial charge in [0.2, 0.25) is 0 Å². The van der Waals surface area contributed by atoms with Crippen molar-refractivity contribution in [3.8, 4) is 10.6 Å². The van der Waals surface area contributed by atoms with Gasteiger partial charge in [-0.2, -0.15) is 5.10 Å². The van der Waals surface area contributed by atoms with Crippen molar-refractivity contribution in [2.75, 3.05) is 18.0 Å². The normalized spacial score (nSPS) is 15.2. The van der Waals surface area contributed by atoms with E-state index in [0.717, 1.165) is 58.7 Å². The Morgan fingerprint density at radius 1 is 1.14 bits per heavy atom. The molecule has 0 amide bonds. The van der Waals surface area contributed by atoms with E-state index < -0.39 is 0 Å². The van der Waals surface area contributed by atoms with Gasteiger partial charge in [0.15, 0.2) is 0 Å². The van der Waals surface area contributed by atoms with Crippen molar-refractivity contribution in [3.05, 3.63) is 51.3 Å². The summed E-state index contributed by atoms with van der Waals surface area (Å²) in [6.45, 7) is 8.48. The van der Waals surface area contributed by atoms with Gasteiger partial charge in [0.1, 0.15) is 17.8 Å². The third kappa shape index (κ3) is 3.96. The number of thiazole rings is 1. The van der Waals surface area contributed by atoms with Crippen molar-refractivity contribution in [3.63, 3.8) is 0 Å². The number of anilines is 1. The summed E-state index contributed by atoms with van der Waals surface area (Å²) >= 11 is 1.62. The zero-order chi connectivity index (χ0) is 19.7. The molecule has 0 aliphatic carbocycles. The standard InChI is InChI=1S/C20H24N6OS/c1-13-10-18(22-12-21-13)25-8-6-16(7-9-25)11-26-19(27)5-4-17(24-26)20-14(2)23-15(3)28-20/h4-5,10,12,16H,6-9,11H2,1-3H3. The fraction of sp³-hybridized carbons (Fsp3) is 0.450. The van der Waals surface area contributed by atoms with Crippen LogP contribution < -0.4 is 10.5 Å². The molecule has 146 valence electrons. The number of aromatic nitrogens is 5. The Balaban J connectivity index is 1.46. The fourth-order valence-corrected chi connectivity index (χ4v) is 4.56. The Labute approximate surface area is 168 Å². The molecule has 0 unspecified atom stereocenters. The minimum atomic E-state index is -0.0449. The van der Waals surface area contributed by atoms with Crippen molar-refractivity contribution in [1.82, 2.24) is 24.7 Å². The summed E-state index contributed by atoms with van der Waals surface area (Å²) in [7, 11) is 0. The zero-order valence-corrected chi connectivity index (χ0v) is 17.2. The Bertz CT molecular complexity index is 1040. The second kappa shape index (κ2) is 7.79. The molecule has 0 aromatic carbocycles. The second-order valence-electron chi connectivity index (χ2n) is 7.33. The molecule has 4 rings (SSSR count). The quantitative estimate of drug-likeness (QED) is 0.675. The third-order valence-corrected chi connectivity index (χ3v) is 6.26. The number of piperidine rings is 1. The first kappa shape index (κ1) is 18.7. The van der Waals surface area contributed by atoms with Gasteiger partial charge in [0, 0.05) is 37.5 Å². The van der Waals surface area contributed by atoms with Gasteiger partial charge in [0.25, 0.3) is 5.56 Å². The molecule has 0 radical (unpaired) electrons. The smallest absolute Gasteiger partial charge is 0.266 e. The van der Waals surface area contributed by atoms with Crippen LogP contribution in [0.4, 0.5) is 5.82 Å². The molecule has 0 saturated carbocycles. The first-order valence-corrected chi connectivity index (χ1v) is 10.4. The molecule has 1 aliphatic rings. The minimum Gasteiger partial charge on any atom is -0.356 e. The van der Waals surface area contributed by atoms with E-state index in [1.54, 1.807) is 34.5 Å². The van der Waals surface area contributed by atoms with E-state index in [9.17, 15) is 4.79 Å². The molecule has 1 saturated heterocycles. The minimum absolute atomic E-state index is 0.0449. The topological polar surface area (TPSA) is 76.8 Å². The lowest BCUT2D eigenvalue weighted by Crippen LogP contribution is -2.37. The molecule has 7 nitrogen and oxygen atoms in total. The largest absolute Gasteiger partial charge is 0.356 e. The number of hydrogen-bond donors (Lipinski definition) is 0. The molecule has 28 heavy (non-hydrogen) atoms. The average molecular weight is 397 g/mol. The molecule has 1 fully saturated rings. The molecule has 0 spiro atoms. The molecule has 3 aromatic rings. The summed E-state index contributed by atoms with van der Waals surface area (Å²) in [4.78, 5) is 28.7. The van der Waals surface area contributed by atoms with Gasteiger partial charge < -0.3 is 4.90 Å². The third-order valence-electron chi connectivity index (χ3n) is 5.16. The highest BCUT2D eigenvalue weighted by molar-refractivity contribution is 7.15. The lowest BCUT2D eigenvalue weighted by molar-refractivity contribution is 0.335. The van der Waals surface area contributed by atoms with Crippen molar-refractivity contribution < 1.29 is 0 Å². The maximum absolute atomic E-state index is 12.4. The fourth-order valence-electron chi connectivity index (χ4n) is 3.67. The van der Waals surface area contributed by atoms with Crippen molar-refractivity contribution in [1.29, 1.82) is 0 Å². The van der Waals surface area contributed by atoms with E-state index in [4.69, 9.17) is 0 Å². The van der Waals surface area contributed by atoms with Gasteiger partial charge in [-0.25, -0.2) is 19.6 Å². The van der Waals surface area contributed by atoms with E-state index >= 15 is 0 Å². The van der Waals surface area contributed by atoms with Crippen LogP contribution in [0.25, 0.3) is 10.6 Å². The Morgan fingerprint density at radius 2 is 1.93 bits per heavy atom. The number of hydrogen-bond acceptors (Lipinski definition) is 7. The van der Waals surface area contributed by atoms with Gasteiger partial charge in [-0.3, -0.25) is 4.79 Å². The van der Waals surface area contributed by atoms with Crippen molar-refractivity contribution >= 4 is 17.2 Å². The number of aryl methyl sites for hydroxylation is 3. The summed E-state index contributed by atoms with van der Waals surface area (Å²) in [6.07, 6.45) is 3.65. The van der Waals surface area contributed by atoms with Crippen LogP contribution in [0.3, 0.4) is 0 Å². The van der Waals surface area contributed by atoms with Crippen LogP contribution in [0, 0.1) is 26.7 Å². The van der Waals surface area contributed by atoms with E-state index in [1.165, 1.54) is 0 Å². The number of rotatable bonds is 4. The Kier molecular flexibility index (Phi) is 5.21. The van der Waals surface area contributed by atoms with E-state index in [-0.39, 0.29) is 5.56 Å². The highest BCUT2D eigenvalue weighted by Crippen LogP contribution is 2.28. The molecule has 4 heterocycles. The lowest BCUT2D eigenvalue weighted by Gasteiger charge is -2.32. The maximum Gasteiger partial charge on any atom is 0.266 e. The molecule has 8 heteroatoms. The van der Waals surface area contributed by atoms with Crippen LogP contribution in [-0.4, -0.2) is 37.8 Å². The molecule has 3 aromatic heterocycles. The van der Waals surface area contributed by atoms with Gasteiger partial charge >= 0.3 is 0 Å². The van der Waals surface area contributed by atoms with Crippen LogP contribution in [0.5, 0.6) is 0 Å². The van der Waals surface area contributed by atoms with E-state index in [2.05, 4.69) is 25.0 Å². The maximum atomic E-state index is 12.4. The van der Waals surface area contributed by atoms with Crippen LogP contribution in [0.15, 0.2) is 29.3 Å². The van der Waals surface area contributed by atoms with E-state index in [1.807, 2.05) is 26.8 Å². The molecule has 0 atom stereocenters. The Morgan fingerprint density at radius 3 is 2.61 bits per heavy atom. The molecular weight excluding hydrogens is 372 g/mol. The molecule has 0 N–H and O–H groups in total. The first-order valence-electron chi connectivity index (χ1n) is 9.56. The number of nitrogens with zero attached hydrogens (tertiary/aromatic N) is 6. The van der Waals surface area contributed by atoms with Crippen LogP contribution in [-0.2, 0) is 6.54 Å². The van der Waals surface area contributed by atoms with Gasteiger partial charge in [-0.1, -0.05) is 0 Å². The summed E-state index contributed by atoms with van der Waals surface area (Å²) in [5.41, 5.74) is 2.73. The molecular formula is C20H24N6OS. The highest BCUT2D eigenvalue weighted by Gasteiger charge is 2.22. The second-order valence-corrected chi connectivity index (χ2v) is 8.54. The van der Waals surface area contributed by atoms with Gasteiger partial charge in [0.05, 0.1) is 15.6 Å². The van der Waals surface area contributed by atoms with Crippen molar-refractivity contribution in [2.45, 2.75) is 40.2 Å². The first-order chi connectivity index (χ1) is 13.5. The summed E-state index contributed by atoms with van der Waals surface area (Å²) < 4.78 is 1.62. The molecule has 0 bridgehead atoms. The summed E-state index contributed by atoms with van der Waals surface area (Å²) in [6, 6.07) is 5.45. The van der Waals surface area contributed by atoms with Crippen LogP contribution in [0.1, 0.15) is 29.2 Å². The van der Waals surface area contributed by atoms with Gasteiger partial charge in [-0.05, 0) is 45.6 Å². The highest BCUT2D eigenvalue weighted by atomic mass is 32.1. The predicted molar refractivity (Wildman–Crippen MR) is 111 cm³/mol.